The molecule has 3 aliphatic rings. The summed E-state index contributed by atoms with van der Waals surface area (Å²) in [6.45, 7) is 11.7. The number of ether oxygens (including phenoxy) is 3. The van der Waals surface area contributed by atoms with E-state index in [0.29, 0.717) is 17.6 Å². The second kappa shape index (κ2) is 9.51. The van der Waals surface area contributed by atoms with E-state index in [9.17, 15) is 20.1 Å². The van der Waals surface area contributed by atoms with Crippen molar-refractivity contribution in [3.8, 4) is 11.5 Å². The molecule has 8 atom stereocenters. The van der Waals surface area contributed by atoms with E-state index in [1.807, 2.05) is 6.92 Å². The Bertz CT molecular complexity index is 980. The predicted molar refractivity (Wildman–Crippen MR) is 127 cm³/mol. The highest BCUT2D eigenvalue weighted by Gasteiger charge is 2.44. The van der Waals surface area contributed by atoms with Crippen molar-refractivity contribution in [1.82, 2.24) is 0 Å². The summed E-state index contributed by atoms with van der Waals surface area (Å²) in [7, 11) is 0. The van der Waals surface area contributed by atoms with Crippen LogP contribution >= 0.6 is 0 Å². The van der Waals surface area contributed by atoms with Gasteiger partial charge in [-0.1, -0.05) is 25.5 Å². The Kier molecular flexibility index (Phi) is 7.00. The lowest BCUT2D eigenvalue weighted by atomic mass is 9.62. The van der Waals surface area contributed by atoms with Crippen LogP contribution in [-0.2, 0) is 14.3 Å². The van der Waals surface area contributed by atoms with Crippen molar-refractivity contribution in [2.24, 2.45) is 5.92 Å². The standard InChI is InChI=1S/C27H38O7/c1-12(2)9-17-10-14(4)18-8-7-13(3)20-22(18)21(17)15(5)26(24(20)30)34-27-25(31)23(29)19(11-32-27)33-16(6)28/h9,13-14,17-19,23,25,27,29-31H,7-8,10-11H2,1-6H3/t13-,14-,17+,18+,19-,23?,25?,27+/m0/s1. The predicted octanol–water partition coefficient (Wildman–Crippen LogP) is 4.16. The molecule has 1 aromatic rings. The van der Waals surface area contributed by atoms with Crippen molar-refractivity contribution in [2.45, 2.75) is 103 Å². The number of aromatic hydroxyl groups is 1. The van der Waals surface area contributed by atoms with Crippen LogP contribution in [0.25, 0.3) is 0 Å². The molecule has 0 amide bonds. The second-order valence-electron chi connectivity index (χ2n) is 10.6. The molecule has 7 nitrogen and oxygen atoms in total. The third-order valence-corrected chi connectivity index (χ3v) is 7.77. The van der Waals surface area contributed by atoms with E-state index in [1.165, 1.54) is 23.6 Å². The van der Waals surface area contributed by atoms with E-state index in [-0.39, 0.29) is 24.2 Å². The summed E-state index contributed by atoms with van der Waals surface area (Å²) in [5.41, 5.74) is 5.50. The third kappa shape index (κ3) is 4.34. The van der Waals surface area contributed by atoms with Gasteiger partial charge < -0.3 is 29.5 Å². The van der Waals surface area contributed by atoms with Gasteiger partial charge in [0.05, 0.1) is 6.61 Å². The summed E-state index contributed by atoms with van der Waals surface area (Å²) in [4.78, 5) is 11.3. The molecule has 4 rings (SSSR count). The number of carbonyl (C=O) groups is 1. The number of phenolic OH excluding ortho intramolecular Hbond substituents is 1. The first kappa shape index (κ1) is 25.0. The molecule has 1 fully saturated rings. The molecular weight excluding hydrogens is 436 g/mol. The minimum absolute atomic E-state index is 0.103. The number of hydrogen-bond donors (Lipinski definition) is 3. The van der Waals surface area contributed by atoms with E-state index >= 15 is 0 Å². The smallest absolute Gasteiger partial charge is 0.303 e. The first-order valence-electron chi connectivity index (χ1n) is 12.4. The van der Waals surface area contributed by atoms with Gasteiger partial charge in [-0.3, -0.25) is 4.79 Å². The van der Waals surface area contributed by atoms with Gasteiger partial charge in [0.1, 0.15) is 12.2 Å². The van der Waals surface area contributed by atoms with Gasteiger partial charge >= 0.3 is 5.97 Å². The van der Waals surface area contributed by atoms with Crippen molar-refractivity contribution in [3.05, 3.63) is 33.9 Å². The van der Waals surface area contributed by atoms with Crippen molar-refractivity contribution < 1.29 is 34.3 Å². The van der Waals surface area contributed by atoms with Gasteiger partial charge in [-0.2, -0.15) is 0 Å². The zero-order valence-corrected chi connectivity index (χ0v) is 21.0. The number of carbonyl (C=O) groups excluding carboxylic acids is 1. The fraction of sp³-hybridized carbons (Fsp3) is 0.667. The highest BCUT2D eigenvalue weighted by Crippen LogP contribution is 2.58. The Balaban J connectivity index is 1.76. The van der Waals surface area contributed by atoms with Crippen molar-refractivity contribution in [3.63, 3.8) is 0 Å². The first-order valence-corrected chi connectivity index (χ1v) is 12.4. The van der Waals surface area contributed by atoms with Crippen LogP contribution in [-0.4, -0.2) is 52.5 Å². The summed E-state index contributed by atoms with van der Waals surface area (Å²) in [5.74, 6) is 1.16. The Hall–Kier alpha value is -2.09. The quantitative estimate of drug-likeness (QED) is 0.444. The summed E-state index contributed by atoms with van der Waals surface area (Å²) in [6.07, 6.45) is 0.466. The number of allylic oxidation sites excluding steroid dienone is 2. The van der Waals surface area contributed by atoms with E-state index in [4.69, 9.17) is 14.2 Å². The normalized spacial score (nSPS) is 34.7. The summed E-state index contributed by atoms with van der Waals surface area (Å²) < 4.78 is 16.8. The average molecular weight is 475 g/mol. The Morgan fingerprint density at radius 1 is 1.06 bits per heavy atom. The van der Waals surface area contributed by atoms with Crippen molar-refractivity contribution in [2.75, 3.05) is 6.61 Å². The minimum Gasteiger partial charge on any atom is -0.504 e. The lowest BCUT2D eigenvalue weighted by Gasteiger charge is -2.44. The molecule has 0 saturated carbocycles. The first-order chi connectivity index (χ1) is 16.0. The molecule has 0 aromatic heterocycles. The summed E-state index contributed by atoms with van der Waals surface area (Å²) in [5, 5.41) is 32.6. The molecular formula is C27H38O7. The van der Waals surface area contributed by atoms with E-state index in [1.54, 1.807) is 0 Å². The van der Waals surface area contributed by atoms with Crippen LogP contribution < -0.4 is 4.74 Å². The monoisotopic (exact) mass is 474 g/mol. The fourth-order valence-corrected chi connectivity index (χ4v) is 6.25. The molecule has 1 aromatic carbocycles. The highest BCUT2D eigenvalue weighted by atomic mass is 16.7. The van der Waals surface area contributed by atoms with E-state index in [0.717, 1.165) is 30.4 Å². The van der Waals surface area contributed by atoms with Gasteiger partial charge in [-0.05, 0) is 74.5 Å². The van der Waals surface area contributed by atoms with Gasteiger partial charge in [0.2, 0.25) is 6.29 Å². The van der Waals surface area contributed by atoms with Gasteiger partial charge in [0.25, 0.3) is 0 Å². The molecule has 0 bridgehead atoms. The third-order valence-electron chi connectivity index (χ3n) is 7.77. The van der Waals surface area contributed by atoms with Crippen LogP contribution in [0.5, 0.6) is 11.5 Å². The number of rotatable bonds is 4. The van der Waals surface area contributed by atoms with Crippen LogP contribution in [0.3, 0.4) is 0 Å². The van der Waals surface area contributed by atoms with E-state index in [2.05, 4.69) is 33.8 Å². The summed E-state index contributed by atoms with van der Waals surface area (Å²) in [6, 6.07) is 0. The number of hydrogen-bond acceptors (Lipinski definition) is 7. The molecule has 34 heavy (non-hydrogen) atoms. The molecule has 0 radical (unpaired) electrons. The maximum absolute atomic E-state index is 11.4. The van der Waals surface area contributed by atoms with Crippen LogP contribution in [0.4, 0.5) is 0 Å². The molecule has 188 valence electrons. The number of benzene rings is 1. The highest BCUT2D eigenvalue weighted by molar-refractivity contribution is 5.66. The van der Waals surface area contributed by atoms with Crippen LogP contribution in [0, 0.1) is 12.8 Å². The largest absolute Gasteiger partial charge is 0.504 e. The lowest BCUT2D eigenvalue weighted by molar-refractivity contribution is -0.248. The molecule has 2 unspecified atom stereocenters. The van der Waals surface area contributed by atoms with E-state index < -0.39 is 30.6 Å². The van der Waals surface area contributed by atoms with Gasteiger partial charge in [-0.15, -0.1) is 0 Å². The maximum atomic E-state index is 11.4. The topological polar surface area (TPSA) is 105 Å². The number of aliphatic hydroxyl groups is 2. The second-order valence-corrected chi connectivity index (χ2v) is 10.6. The number of esters is 1. The molecule has 0 spiro atoms. The van der Waals surface area contributed by atoms with Crippen molar-refractivity contribution >= 4 is 5.97 Å². The zero-order chi connectivity index (χ0) is 24.9. The number of aliphatic hydroxyl groups excluding tert-OH is 2. The Labute approximate surface area is 201 Å². The van der Waals surface area contributed by atoms with Gasteiger partial charge in [0, 0.05) is 18.4 Å². The molecule has 1 saturated heterocycles. The van der Waals surface area contributed by atoms with Crippen LogP contribution in [0.15, 0.2) is 11.6 Å². The Morgan fingerprint density at radius 3 is 2.41 bits per heavy atom. The van der Waals surface area contributed by atoms with Gasteiger partial charge in [-0.25, -0.2) is 0 Å². The van der Waals surface area contributed by atoms with Crippen molar-refractivity contribution in [1.29, 1.82) is 0 Å². The fourth-order valence-electron chi connectivity index (χ4n) is 6.25. The Morgan fingerprint density at radius 2 is 1.76 bits per heavy atom. The average Bonchev–Trinajstić information content (AvgIpc) is 2.74. The lowest BCUT2D eigenvalue weighted by Crippen LogP contribution is -2.56. The molecule has 3 N–H and O–H groups in total. The molecule has 7 heteroatoms. The van der Waals surface area contributed by atoms with Crippen LogP contribution in [0.1, 0.15) is 93.9 Å². The molecule has 1 heterocycles. The molecule has 1 aliphatic heterocycles. The van der Waals surface area contributed by atoms with Crippen LogP contribution in [0.2, 0.25) is 0 Å². The SMILES string of the molecule is CC(=O)O[C@H]1CO[C@H](Oc2c(C)c3c4c(c2O)[C@@H](C)CC[C@@H]4[C@@H](C)C[C@H]3C=C(C)C)C(O)C1O. The number of phenols is 1. The minimum atomic E-state index is -1.44. The summed E-state index contributed by atoms with van der Waals surface area (Å²) >= 11 is 0. The zero-order valence-electron chi connectivity index (χ0n) is 21.0. The van der Waals surface area contributed by atoms with Gasteiger partial charge in [0.15, 0.2) is 17.6 Å². The maximum Gasteiger partial charge on any atom is 0.303 e. The molecule has 2 aliphatic carbocycles.